The SMILES string of the molecule is CCSc1nnc(SCC(=O)OC(C)(C)C)s1. The van der Waals surface area contributed by atoms with Crippen molar-refractivity contribution in [3.05, 3.63) is 0 Å². The molecule has 0 saturated heterocycles. The molecule has 1 heterocycles. The van der Waals surface area contributed by atoms with Crippen molar-refractivity contribution in [2.24, 2.45) is 0 Å². The smallest absolute Gasteiger partial charge is 0.316 e. The molecule has 0 saturated carbocycles. The second-order valence-electron chi connectivity index (χ2n) is 4.14. The molecule has 0 N–H and O–H groups in total. The van der Waals surface area contributed by atoms with E-state index in [0.29, 0.717) is 0 Å². The molecule has 0 amide bonds. The van der Waals surface area contributed by atoms with Gasteiger partial charge in [-0.1, -0.05) is 41.8 Å². The van der Waals surface area contributed by atoms with E-state index in [0.717, 1.165) is 14.4 Å². The quantitative estimate of drug-likeness (QED) is 0.614. The third-order valence-corrected chi connectivity index (χ3v) is 4.43. The highest BCUT2D eigenvalue weighted by Crippen LogP contribution is 2.28. The van der Waals surface area contributed by atoms with Crippen molar-refractivity contribution in [3.63, 3.8) is 0 Å². The van der Waals surface area contributed by atoms with Crippen LogP contribution in [0.2, 0.25) is 0 Å². The van der Waals surface area contributed by atoms with Crippen LogP contribution in [0.15, 0.2) is 8.68 Å². The summed E-state index contributed by atoms with van der Waals surface area (Å²) in [5.41, 5.74) is -0.429. The van der Waals surface area contributed by atoms with E-state index in [9.17, 15) is 4.79 Å². The minimum atomic E-state index is -0.429. The van der Waals surface area contributed by atoms with E-state index in [1.54, 1.807) is 11.8 Å². The first-order valence-corrected chi connectivity index (χ1v) is 8.00. The highest BCUT2D eigenvalue weighted by molar-refractivity contribution is 8.03. The molecule has 7 heteroatoms. The molecular formula is C10H16N2O2S3. The van der Waals surface area contributed by atoms with Gasteiger partial charge < -0.3 is 4.74 Å². The predicted octanol–water partition coefficient (Wildman–Crippen LogP) is 3.08. The predicted molar refractivity (Wildman–Crippen MR) is 72.9 cm³/mol. The number of thioether (sulfide) groups is 2. The van der Waals surface area contributed by atoms with E-state index in [1.165, 1.54) is 23.1 Å². The zero-order valence-corrected chi connectivity index (χ0v) is 12.8. The van der Waals surface area contributed by atoms with Gasteiger partial charge in [0.15, 0.2) is 8.68 Å². The van der Waals surface area contributed by atoms with Gasteiger partial charge in [0.2, 0.25) is 0 Å². The van der Waals surface area contributed by atoms with Crippen LogP contribution in [0, 0.1) is 0 Å². The molecule has 0 bridgehead atoms. The van der Waals surface area contributed by atoms with Crippen LogP contribution >= 0.6 is 34.9 Å². The van der Waals surface area contributed by atoms with E-state index in [1.807, 2.05) is 20.8 Å². The minimum Gasteiger partial charge on any atom is -0.459 e. The molecule has 0 aliphatic rings. The van der Waals surface area contributed by atoms with Crippen LogP contribution in [0.5, 0.6) is 0 Å². The van der Waals surface area contributed by atoms with E-state index < -0.39 is 5.60 Å². The highest BCUT2D eigenvalue weighted by Gasteiger charge is 2.17. The van der Waals surface area contributed by atoms with Crippen molar-refractivity contribution in [1.82, 2.24) is 10.2 Å². The van der Waals surface area contributed by atoms with E-state index in [2.05, 4.69) is 17.1 Å². The molecule has 1 aromatic rings. The summed E-state index contributed by atoms with van der Waals surface area (Å²) in [6.45, 7) is 7.64. The number of hydrogen-bond acceptors (Lipinski definition) is 7. The summed E-state index contributed by atoms with van der Waals surface area (Å²) in [6.07, 6.45) is 0. The molecule has 0 aliphatic heterocycles. The summed E-state index contributed by atoms with van der Waals surface area (Å²) in [5.74, 6) is 1.04. The van der Waals surface area contributed by atoms with Crippen LogP contribution in [-0.2, 0) is 9.53 Å². The molecule has 0 spiro atoms. The van der Waals surface area contributed by atoms with Gasteiger partial charge in [-0.3, -0.25) is 4.79 Å². The maximum absolute atomic E-state index is 11.5. The first-order valence-electron chi connectivity index (χ1n) is 5.21. The lowest BCUT2D eigenvalue weighted by Gasteiger charge is -2.18. The summed E-state index contributed by atoms with van der Waals surface area (Å²) in [6, 6.07) is 0. The minimum absolute atomic E-state index is 0.220. The first-order chi connectivity index (χ1) is 7.90. The van der Waals surface area contributed by atoms with Crippen molar-refractivity contribution in [1.29, 1.82) is 0 Å². The highest BCUT2D eigenvalue weighted by atomic mass is 32.2. The van der Waals surface area contributed by atoms with Gasteiger partial charge in [-0.2, -0.15) is 0 Å². The fourth-order valence-electron chi connectivity index (χ4n) is 0.929. The zero-order chi connectivity index (χ0) is 12.9. The number of nitrogens with zero attached hydrogens (tertiary/aromatic N) is 2. The number of esters is 1. The Kier molecular flexibility index (Phi) is 5.75. The number of aromatic nitrogens is 2. The van der Waals surface area contributed by atoms with Gasteiger partial charge in [0.1, 0.15) is 5.60 Å². The molecule has 4 nitrogen and oxygen atoms in total. The number of carbonyl (C=O) groups excluding carboxylic acids is 1. The third kappa shape index (κ3) is 6.28. The molecule has 0 atom stereocenters. The molecule has 0 aliphatic carbocycles. The van der Waals surface area contributed by atoms with Crippen LogP contribution in [0.3, 0.4) is 0 Å². The fourth-order valence-corrected chi connectivity index (χ4v) is 3.62. The Morgan fingerprint density at radius 2 is 1.88 bits per heavy atom. The van der Waals surface area contributed by atoms with Gasteiger partial charge in [-0.15, -0.1) is 10.2 Å². The second kappa shape index (κ2) is 6.61. The standard InChI is InChI=1S/C10H16N2O2S3/c1-5-15-8-11-12-9(17-8)16-6-7(13)14-10(2,3)4/h5-6H2,1-4H3. The van der Waals surface area contributed by atoms with Crippen molar-refractivity contribution in [3.8, 4) is 0 Å². The second-order valence-corrected chi connectivity index (χ2v) is 7.85. The zero-order valence-electron chi connectivity index (χ0n) is 10.3. The molecule has 0 radical (unpaired) electrons. The van der Waals surface area contributed by atoms with Crippen molar-refractivity contribution in [2.75, 3.05) is 11.5 Å². The van der Waals surface area contributed by atoms with Crippen LogP contribution in [0.1, 0.15) is 27.7 Å². The van der Waals surface area contributed by atoms with Gasteiger partial charge in [0.05, 0.1) is 5.75 Å². The van der Waals surface area contributed by atoms with E-state index >= 15 is 0 Å². The normalized spacial score (nSPS) is 11.5. The fraction of sp³-hybridized carbons (Fsp3) is 0.700. The number of hydrogen-bond donors (Lipinski definition) is 0. The summed E-state index contributed by atoms with van der Waals surface area (Å²) < 4.78 is 6.96. The van der Waals surface area contributed by atoms with E-state index in [4.69, 9.17) is 4.74 Å². The van der Waals surface area contributed by atoms with Crippen molar-refractivity contribution >= 4 is 40.8 Å². The Morgan fingerprint density at radius 1 is 1.29 bits per heavy atom. The lowest BCUT2D eigenvalue weighted by atomic mass is 10.2. The Hall–Kier alpha value is -0.270. The topological polar surface area (TPSA) is 52.1 Å². The molecule has 0 unspecified atom stereocenters. The molecule has 17 heavy (non-hydrogen) atoms. The van der Waals surface area contributed by atoms with Gasteiger partial charge in [-0.05, 0) is 26.5 Å². The van der Waals surface area contributed by atoms with E-state index in [-0.39, 0.29) is 11.7 Å². The largest absolute Gasteiger partial charge is 0.459 e. The monoisotopic (exact) mass is 292 g/mol. The van der Waals surface area contributed by atoms with Gasteiger partial charge in [-0.25, -0.2) is 0 Å². The maximum atomic E-state index is 11.5. The average molecular weight is 292 g/mol. The summed E-state index contributed by atoms with van der Waals surface area (Å²) in [7, 11) is 0. The lowest BCUT2D eigenvalue weighted by Crippen LogP contribution is -2.24. The molecule has 1 aromatic heterocycles. The summed E-state index contributed by atoms with van der Waals surface area (Å²) in [4.78, 5) is 11.5. The van der Waals surface area contributed by atoms with Crippen molar-refractivity contribution in [2.45, 2.75) is 42.0 Å². The Bertz CT molecular complexity index is 374. The number of ether oxygens (including phenoxy) is 1. The van der Waals surface area contributed by atoms with Gasteiger partial charge in [0, 0.05) is 0 Å². The number of carbonyl (C=O) groups is 1. The maximum Gasteiger partial charge on any atom is 0.316 e. The molecule has 0 aromatic carbocycles. The first kappa shape index (κ1) is 14.8. The molecular weight excluding hydrogens is 276 g/mol. The third-order valence-electron chi connectivity index (χ3n) is 1.39. The molecule has 0 fully saturated rings. The van der Waals surface area contributed by atoms with Crippen LogP contribution < -0.4 is 0 Å². The molecule has 1 rings (SSSR count). The van der Waals surface area contributed by atoms with Crippen LogP contribution in [0.25, 0.3) is 0 Å². The summed E-state index contributed by atoms with van der Waals surface area (Å²) >= 11 is 4.54. The lowest BCUT2D eigenvalue weighted by molar-refractivity contribution is -0.151. The summed E-state index contributed by atoms with van der Waals surface area (Å²) in [5, 5.41) is 8.02. The van der Waals surface area contributed by atoms with Crippen molar-refractivity contribution < 1.29 is 9.53 Å². The van der Waals surface area contributed by atoms with Crippen LogP contribution in [0.4, 0.5) is 0 Å². The Morgan fingerprint density at radius 3 is 2.41 bits per heavy atom. The van der Waals surface area contributed by atoms with Crippen LogP contribution in [-0.4, -0.2) is 33.3 Å². The number of rotatable bonds is 5. The average Bonchev–Trinajstić information content (AvgIpc) is 2.61. The Balaban J connectivity index is 2.37. The van der Waals surface area contributed by atoms with Gasteiger partial charge in [0.25, 0.3) is 0 Å². The Labute approximate surface area is 114 Å². The molecule has 96 valence electrons. The van der Waals surface area contributed by atoms with Gasteiger partial charge >= 0.3 is 5.97 Å².